The molecule has 4 aromatic rings. The van der Waals surface area contributed by atoms with Gasteiger partial charge in [0.25, 0.3) is 0 Å². The van der Waals surface area contributed by atoms with Gasteiger partial charge in [-0.25, -0.2) is 9.78 Å². The molecule has 0 aliphatic heterocycles. The molecule has 0 saturated carbocycles. The van der Waals surface area contributed by atoms with E-state index in [-0.39, 0.29) is 22.0 Å². The fourth-order valence-electron chi connectivity index (χ4n) is 2.84. The molecule has 120 valence electrons. The second kappa shape index (κ2) is 5.17. The van der Waals surface area contributed by atoms with Gasteiger partial charge in [-0.15, -0.1) is 0 Å². The molecular formula is C17H7F3INO2. The van der Waals surface area contributed by atoms with Gasteiger partial charge < -0.3 is 4.42 Å². The molecule has 0 bridgehead atoms. The number of halogens is 4. The maximum absolute atomic E-state index is 13.7. The highest BCUT2D eigenvalue weighted by atomic mass is 127. The number of fused-ring (bicyclic) bond motifs is 4. The number of nitrogens with zero attached hydrogens (tertiary/aromatic N) is 1. The van der Waals surface area contributed by atoms with Crippen LogP contribution in [0.15, 0.2) is 51.7 Å². The van der Waals surface area contributed by atoms with E-state index in [1.807, 2.05) is 22.6 Å². The number of hydrogen-bond donors (Lipinski definition) is 0. The molecular weight excluding hydrogens is 434 g/mol. The van der Waals surface area contributed by atoms with Crippen molar-refractivity contribution in [3.8, 4) is 0 Å². The number of benzene rings is 2. The second-order valence-electron chi connectivity index (χ2n) is 5.23. The van der Waals surface area contributed by atoms with Crippen molar-refractivity contribution in [2.75, 3.05) is 0 Å². The Morgan fingerprint density at radius 1 is 0.958 bits per heavy atom. The number of alkyl halides is 3. The summed E-state index contributed by atoms with van der Waals surface area (Å²) in [4.78, 5) is 16.7. The molecule has 7 heteroatoms. The van der Waals surface area contributed by atoms with Crippen molar-refractivity contribution < 1.29 is 17.6 Å². The van der Waals surface area contributed by atoms with Gasteiger partial charge in [-0.05, 0) is 40.8 Å². The normalized spacial score (nSPS) is 12.3. The van der Waals surface area contributed by atoms with E-state index in [2.05, 4.69) is 4.98 Å². The average Bonchev–Trinajstić information content (AvgIpc) is 2.53. The lowest BCUT2D eigenvalue weighted by atomic mass is 10.0. The van der Waals surface area contributed by atoms with Crippen LogP contribution in [0.3, 0.4) is 0 Å². The summed E-state index contributed by atoms with van der Waals surface area (Å²) in [7, 11) is 0. The lowest BCUT2D eigenvalue weighted by Gasteiger charge is -2.14. The number of hydrogen-bond acceptors (Lipinski definition) is 3. The predicted octanol–water partition coefficient (Wildman–Crippen LogP) is 5.12. The van der Waals surface area contributed by atoms with Gasteiger partial charge in [-0.3, -0.25) is 0 Å². The van der Waals surface area contributed by atoms with Crippen LogP contribution in [0.2, 0.25) is 0 Å². The molecule has 0 unspecified atom stereocenters. The van der Waals surface area contributed by atoms with E-state index in [0.717, 1.165) is 0 Å². The highest BCUT2D eigenvalue weighted by molar-refractivity contribution is 14.1. The molecule has 0 saturated heterocycles. The van der Waals surface area contributed by atoms with Crippen molar-refractivity contribution >= 4 is 55.4 Å². The van der Waals surface area contributed by atoms with Gasteiger partial charge in [-0.2, -0.15) is 13.2 Å². The van der Waals surface area contributed by atoms with Crippen LogP contribution in [0.4, 0.5) is 13.2 Å². The molecule has 0 spiro atoms. The first kappa shape index (κ1) is 15.4. The van der Waals surface area contributed by atoms with E-state index in [4.69, 9.17) is 4.42 Å². The predicted molar refractivity (Wildman–Crippen MR) is 93.0 cm³/mol. The summed E-state index contributed by atoms with van der Waals surface area (Å²) < 4.78 is 46.9. The summed E-state index contributed by atoms with van der Waals surface area (Å²) in [6.07, 6.45) is -4.71. The van der Waals surface area contributed by atoms with Gasteiger partial charge in [0.2, 0.25) is 0 Å². The molecule has 0 radical (unpaired) electrons. The topological polar surface area (TPSA) is 43.1 Å². The van der Waals surface area contributed by atoms with Crippen LogP contribution >= 0.6 is 22.6 Å². The Hall–Kier alpha value is -2.16. The van der Waals surface area contributed by atoms with Crippen molar-refractivity contribution in [2.45, 2.75) is 6.18 Å². The summed E-state index contributed by atoms with van der Waals surface area (Å²) in [6, 6.07) is 10.9. The highest BCUT2D eigenvalue weighted by Gasteiger charge is 2.37. The average molecular weight is 441 g/mol. The van der Waals surface area contributed by atoms with Crippen LogP contribution in [0.25, 0.3) is 32.8 Å². The van der Waals surface area contributed by atoms with Gasteiger partial charge in [0.05, 0.1) is 22.0 Å². The van der Waals surface area contributed by atoms with Gasteiger partial charge >= 0.3 is 11.8 Å². The number of aromatic nitrogens is 1. The van der Waals surface area contributed by atoms with Crippen molar-refractivity contribution in [1.29, 1.82) is 0 Å². The smallest absolute Gasteiger partial charge is 0.417 e. The third kappa shape index (κ3) is 2.18. The molecule has 0 N–H and O–H groups in total. The van der Waals surface area contributed by atoms with Gasteiger partial charge in [0, 0.05) is 14.3 Å². The fraction of sp³-hybridized carbons (Fsp3) is 0.0588. The van der Waals surface area contributed by atoms with Crippen molar-refractivity contribution in [1.82, 2.24) is 4.98 Å². The molecule has 0 atom stereocenters. The summed E-state index contributed by atoms with van der Waals surface area (Å²) in [5.74, 6) is 0. The monoisotopic (exact) mass is 441 g/mol. The number of pyridine rings is 1. The summed E-state index contributed by atoms with van der Waals surface area (Å²) in [5, 5.41) is -0.265. The van der Waals surface area contributed by atoms with Crippen LogP contribution in [-0.2, 0) is 6.18 Å². The SMILES string of the molecule is O=c1oc2ccccc2c2nc3c(I)cccc3c(C(F)(F)F)c12. The summed E-state index contributed by atoms with van der Waals surface area (Å²) >= 11 is 1.94. The standard InChI is InChI=1S/C17H7F3INO2/c18-17(19,20)13-9-5-3-6-10(21)14(9)22-15-8-4-1-2-7-11(8)24-16(23)12(13)15/h1-7H. The Labute approximate surface area is 146 Å². The molecule has 2 aromatic heterocycles. The molecule has 4 rings (SSSR count). The van der Waals surface area contributed by atoms with Crippen LogP contribution in [-0.4, -0.2) is 4.98 Å². The van der Waals surface area contributed by atoms with Gasteiger partial charge in [0.15, 0.2) is 0 Å². The second-order valence-corrected chi connectivity index (χ2v) is 6.39. The maximum atomic E-state index is 13.7. The lowest BCUT2D eigenvalue weighted by Crippen LogP contribution is -2.14. The fourth-order valence-corrected chi connectivity index (χ4v) is 3.46. The summed E-state index contributed by atoms with van der Waals surface area (Å²) in [6.45, 7) is 0. The van der Waals surface area contributed by atoms with Crippen LogP contribution in [0.5, 0.6) is 0 Å². The molecule has 0 fully saturated rings. The Morgan fingerprint density at radius 3 is 2.42 bits per heavy atom. The first-order chi connectivity index (χ1) is 11.4. The summed E-state index contributed by atoms with van der Waals surface area (Å²) in [5.41, 5.74) is -1.61. The Balaban J connectivity index is 2.42. The van der Waals surface area contributed by atoms with Crippen molar-refractivity contribution in [2.24, 2.45) is 0 Å². The Bertz CT molecular complexity index is 1180. The van der Waals surface area contributed by atoms with Gasteiger partial charge in [0.1, 0.15) is 5.58 Å². The van der Waals surface area contributed by atoms with E-state index in [9.17, 15) is 18.0 Å². The van der Waals surface area contributed by atoms with E-state index >= 15 is 0 Å². The Kier molecular flexibility index (Phi) is 3.31. The minimum absolute atomic E-state index is 0.00536. The molecule has 0 aliphatic rings. The molecule has 0 aliphatic carbocycles. The number of rotatable bonds is 0. The minimum Gasteiger partial charge on any atom is -0.422 e. The van der Waals surface area contributed by atoms with Crippen LogP contribution in [0.1, 0.15) is 5.56 Å². The van der Waals surface area contributed by atoms with Crippen LogP contribution in [0, 0.1) is 3.57 Å². The van der Waals surface area contributed by atoms with E-state index in [1.54, 1.807) is 24.3 Å². The molecule has 0 amide bonds. The zero-order valence-electron chi connectivity index (χ0n) is 11.8. The maximum Gasteiger partial charge on any atom is 0.417 e. The molecule has 2 heterocycles. The van der Waals surface area contributed by atoms with Gasteiger partial charge in [-0.1, -0.05) is 24.3 Å². The first-order valence-corrected chi connectivity index (χ1v) is 7.97. The third-order valence-electron chi connectivity index (χ3n) is 3.80. The van der Waals surface area contributed by atoms with Crippen molar-refractivity contribution in [3.63, 3.8) is 0 Å². The number of para-hydroxylation sites is 2. The highest BCUT2D eigenvalue weighted by Crippen LogP contribution is 2.40. The first-order valence-electron chi connectivity index (χ1n) is 6.89. The molecule has 3 nitrogen and oxygen atoms in total. The zero-order chi connectivity index (χ0) is 17.1. The minimum atomic E-state index is -4.71. The Morgan fingerprint density at radius 2 is 1.67 bits per heavy atom. The molecule has 24 heavy (non-hydrogen) atoms. The molecule has 2 aromatic carbocycles. The largest absolute Gasteiger partial charge is 0.422 e. The van der Waals surface area contributed by atoms with Crippen molar-refractivity contribution in [3.05, 3.63) is 62.0 Å². The van der Waals surface area contributed by atoms with E-state index < -0.39 is 22.8 Å². The quantitative estimate of drug-likeness (QED) is 0.165. The van der Waals surface area contributed by atoms with Crippen LogP contribution < -0.4 is 5.63 Å². The van der Waals surface area contributed by atoms with E-state index in [1.165, 1.54) is 18.2 Å². The lowest BCUT2D eigenvalue weighted by molar-refractivity contribution is -0.135. The third-order valence-corrected chi connectivity index (χ3v) is 4.67. The van der Waals surface area contributed by atoms with E-state index in [0.29, 0.717) is 8.96 Å². The zero-order valence-corrected chi connectivity index (χ0v) is 14.0.